The number of halogens is 4. The lowest BCUT2D eigenvalue weighted by Gasteiger charge is -2.17. The molecule has 0 aromatic heterocycles. The van der Waals surface area contributed by atoms with Gasteiger partial charge in [0.25, 0.3) is 0 Å². The molecule has 0 amide bonds. The Balaban J connectivity index is 0.000000708. The maximum atomic E-state index is 12.9. The van der Waals surface area contributed by atoms with Crippen molar-refractivity contribution in [2.75, 3.05) is 13.2 Å². The summed E-state index contributed by atoms with van der Waals surface area (Å²) in [5, 5.41) is 13.3. The molecule has 3 rings (SSSR count). The Bertz CT molecular complexity index is 1180. The summed E-state index contributed by atoms with van der Waals surface area (Å²) in [5.74, 6) is -0.447. The van der Waals surface area contributed by atoms with Crippen molar-refractivity contribution >= 4 is 17.6 Å². The molecule has 3 aromatic carbocycles. The Labute approximate surface area is 238 Å². The van der Waals surface area contributed by atoms with E-state index in [4.69, 9.17) is 25.8 Å². The highest BCUT2D eigenvalue weighted by Gasteiger charge is 2.31. The van der Waals surface area contributed by atoms with Gasteiger partial charge in [0.2, 0.25) is 6.10 Å². The molecule has 1 unspecified atom stereocenters. The molecular formula is C30H35ClF3NO5. The zero-order valence-electron chi connectivity index (χ0n) is 22.9. The van der Waals surface area contributed by atoms with Crippen LogP contribution < -0.4 is 19.5 Å². The maximum absolute atomic E-state index is 12.9. The summed E-state index contributed by atoms with van der Waals surface area (Å²) >= 11 is 6.02. The molecule has 40 heavy (non-hydrogen) atoms. The van der Waals surface area contributed by atoms with Crippen LogP contribution in [0.2, 0.25) is 5.02 Å². The molecule has 0 aliphatic carbocycles. The summed E-state index contributed by atoms with van der Waals surface area (Å²) in [4.78, 5) is 11.7. The molecule has 0 spiro atoms. The summed E-state index contributed by atoms with van der Waals surface area (Å²) in [6.07, 6.45) is -5.45. The number of alkyl halides is 3. The van der Waals surface area contributed by atoms with Gasteiger partial charge in [0, 0.05) is 24.1 Å². The third-order valence-corrected chi connectivity index (χ3v) is 5.45. The number of benzene rings is 3. The number of ether oxygens (including phenoxy) is 3. The van der Waals surface area contributed by atoms with Crippen molar-refractivity contribution < 1.29 is 37.3 Å². The second kappa shape index (κ2) is 16.0. The Kier molecular flexibility index (Phi) is 13.1. The van der Waals surface area contributed by atoms with Crippen LogP contribution >= 0.6 is 11.6 Å². The largest absolute Gasteiger partial charge is 0.493 e. The van der Waals surface area contributed by atoms with Crippen LogP contribution in [-0.4, -0.2) is 36.4 Å². The fraction of sp³-hybridized carbons (Fsp3) is 0.367. The van der Waals surface area contributed by atoms with Crippen molar-refractivity contribution in [3.05, 3.63) is 88.9 Å². The fourth-order valence-corrected chi connectivity index (χ4v) is 3.73. The van der Waals surface area contributed by atoms with E-state index in [1.807, 2.05) is 12.1 Å². The lowest BCUT2D eigenvalue weighted by molar-refractivity contribution is -0.145. The predicted octanol–water partition coefficient (Wildman–Crippen LogP) is 7.80. The highest BCUT2D eigenvalue weighted by molar-refractivity contribution is 6.32. The molecule has 2 N–H and O–H groups in total. The molecular weight excluding hydrogens is 547 g/mol. The van der Waals surface area contributed by atoms with Crippen molar-refractivity contribution in [1.82, 2.24) is 5.32 Å². The first-order chi connectivity index (χ1) is 18.9. The van der Waals surface area contributed by atoms with E-state index in [0.29, 0.717) is 48.2 Å². The minimum absolute atomic E-state index is 0.198. The molecule has 1 atom stereocenters. The number of rotatable bonds is 12. The number of hydrogen-bond acceptors (Lipinski definition) is 5. The second-order valence-corrected chi connectivity index (χ2v) is 9.79. The Morgan fingerprint density at radius 1 is 0.875 bits per heavy atom. The van der Waals surface area contributed by atoms with Gasteiger partial charge in [0.15, 0.2) is 0 Å². The first kappa shape index (κ1) is 32.8. The van der Waals surface area contributed by atoms with Crippen molar-refractivity contribution in [2.45, 2.75) is 58.5 Å². The second-order valence-electron chi connectivity index (χ2n) is 9.39. The molecule has 0 aliphatic rings. The minimum atomic E-state index is -4.56. The van der Waals surface area contributed by atoms with E-state index >= 15 is 0 Å². The number of aliphatic carboxylic acids is 1. The van der Waals surface area contributed by atoms with Gasteiger partial charge >= 0.3 is 12.1 Å². The third kappa shape index (κ3) is 11.8. The van der Waals surface area contributed by atoms with Gasteiger partial charge in [-0.1, -0.05) is 69.6 Å². The number of carboxylic acids is 1. The Morgan fingerprint density at radius 3 is 2.05 bits per heavy atom. The van der Waals surface area contributed by atoms with Crippen molar-refractivity contribution in [3.8, 4) is 17.2 Å². The first-order valence-electron chi connectivity index (χ1n) is 12.8. The normalized spacial score (nSPS) is 11.9. The van der Waals surface area contributed by atoms with E-state index in [-0.39, 0.29) is 11.3 Å². The van der Waals surface area contributed by atoms with Crippen molar-refractivity contribution in [1.29, 1.82) is 0 Å². The fourth-order valence-electron chi connectivity index (χ4n) is 3.54. The molecule has 3 aromatic rings. The average molecular weight is 582 g/mol. The molecule has 0 saturated carbocycles. The molecule has 0 bridgehead atoms. The van der Waals surface area contributed by atoms with Crippen LogP contribution in [0.15, 0.2) is 72.8 Å². The molecule has 10 heteroatoms. The van der Waals surface area contributed by atoms with E-state index in [0.717, 1.165) is 18.2 Å². The van der Waals surface area contributed by atoms with Gasteiger partial charge in [-0.3, -0.25) is 0 Å². The average Bonchev–Trinajstić information content (AvgIpc) is 2.88. The van der Waals surface area contributed by atoms with E-state index in [9.17, 15) is 23.1 Å². The van der Waals surface area contributed by atoms with Crippen LogP contribution in [0.4, 0.5) is 13.2 Å². The maximum Gasteiger partial charge on any atom is 0.416 e. The van der Waals surface area contributed by atoms with E-state index in [1.54, 1.807) is 24.3 Å². The van der Waals surface area contributed by atoms with Gasteiger partial charge < -0.3 is 24.6 Å². The van der Waals surface area contributed by atoms with Gasteiger partial charge in [0.1, 0.15) is 17.2 Å². The van der Waals surface area contributed by atoms with Crippen LogP contribution in [0, 0.1) is 0 Å². The molecule has 0 saturated heterocycles. The predicted molar refractivity (Wildman–Crippen MR) is 149 cm³/mol. The van der Waals surface area contributed by atoms with Crippen molar-refractivity contribution in [2.24, 2.45) is 0 Å². The van der Waals surface area contributed by atoms with Gasteiger partial charge in [-0.2, -0.15) is 13.2 Å². The highest BCUT2D eigenvalue weighted by atomic mass is 35.5. The number of nitrogens with one attached hydrogen (secondary N) is 1. The molecule has 0 aliphatic heterocycles. The zero-order chi connectivity index (χ0) is 29.7. The molecule has 0 radical (unpaired) electrons. The SMILES string of the molecule is CC(C)NC(C)C.O=C(O)C(Oc1cccc(C(F)(F)F)c1)c1ccc(OCCCOc2ccccc2Cl)cc1. The van der Waals surface area contributed by atoms with Gasteiger partial charge in [-0.05, 0) is 42.5 Å². The quantitative estimate of drug-likeness (QED) is 0.212. The summed E-state index contributed by atoms with van der Waals surface area (Å²) in [6.45, 7) is 9.36. The topological polar surface area (TPSA) is 77.0 Å². The number of carboxylic acid groups (broad SMARTS) is 1. The summed E-state index contributed by atoms with van der Waals surface area (Å²) in [5.41, 5.74) is -0.666. The summed E-state index contributed by atoms with van der Waals surface area (Å²) < 4.78 is 55.2. The highest BCUT2D eigenvalue weighted by Crippen LogP contribution is 2.33. The smallest absolute Gasteiger partial charge is 0.416 e. The van der Waals surface area contributed by atoms with Gasteiger partial charge in [-0.15, -0.1) is 0 Å². The standard InChI is InChI=1S/C24H20ClF3O5.C6H15N/c25-20-7-1-2-8-21(20)32-14-4-13-31-18-11-9-16(10-12-18)22(23(29)30)33-19-6-3-5-17(15-19)24(26,27)28;1-5(2)7-6(3)4/h1-3,5-12,15,22H,4,13-14H2,(H,29,30);5-7H,1-4H3. The zero-order valence-corrected chi connectivity index (χ0v) is 23.6. The Hall–Kier alpha value is -3.43. The number of para-hydroxylation sites is 1. The monoisotopic (exact) mass is 581 g/mol. The van der Waals surface area contributed by atoms with Crippen LogP contribution in [0.3, 0.4) is 0 Å². The van der Waals surface area contributed by atoms with Crippen LogP contribution in [0.1, 0.15) is 51.3 Å². The molecule has 6 nitrogen and oxygen atoms in total. The van der Waals surface area contributed by atoms with Crippen LogP contribution in [0.5, 0.6) is 17.2 Å². The first-order valence-corrected chi connectivity index (χ1v) is 13.2. The molecule has 0 heterocycles. The van der Waals surface area contributed by atoms with E-state index in [1.165, 1.54) is 18.2 Å². The summed E-state index contributed by atoms with van der Waals surface area (Å²) in [7, 11) is 0. The van der Waals surface area contributed by atoms with E-state index in [2.05, 4.69) is 33.0 Å². The van der Waals surface area contributed by atoms with Crippen molar-refractivity contribution in [3.63, 3.8) is 0 Å². The summed E-state index contributed by atoms with van der Waals surface area (Å²) in [6, 6.07) is 18.6. The molecule has 0 fully saturated rings. The lowest BCUT2D eigenvalue weighted by atomic mass is 10.1. The Morgan fingerprint density at radius 2 is 1.50 bits per heavy atom. The minimum Gasteiger partial charge on any atom is -0.493 e. The van der Waals surface area contributed by atoms with Crippen LogP contribution in [-0.2, 0) is 11.0 Å². The van der Waals surface area contributed by atoms with E-state index < -0.39 is 23.8 Å². The number of carbonyl (C=O) groups is 1. The molecule has 218 valence electrons. The lowest BCUT2D eigenvalue weighted by Crippen LogP contribution is -2.29. The van der Waals surface area contributed by atoms with Crippen LogP contribution in [0.25, 0.3) is 0 Å². The number of hydrogen-bond donors (Lipinski definition) is 2. The third-order valence-electron chi connectivity index (χ3n) is 5.14. The van der Waals surface area contributed by atoms with Gasteiger partial charge in [0.05, 0.1) is 23.8 Å². The van der Waals surface area contributed by atoms with Gasteiger partial charge in [-0.25, -0.2) is 4.79 Å².